The predicted octanol–water partition coefficient (Wildman–Crippen LogP) is 3.11. The predicted molar refractivity (Wildman–Crippen MR) is 101 cm³/mol. The zero-order chi connectivity index (χ0) is 19.5. The molecule has 1 aromatic carbocycles. The fourth-order valence-corrected chi connectivity index (χ4v) is 3.68. The third-order valence-electron chi connectivity index (χ3n) is 3.02. The first-order chi connectivity index (χ1) is 12.0. The Bertz CT molecular complexity index is 868. The molecule has 0 saturated heterocycles. The van der Waals surface area contributed by atoms with Crippen molar-refractivity contribution >= 4 is 38.1 Å². The van der Waals surface area contributed by atoms with Gasteiger partial charge < -0.3 is 10.1 Å². The van der Waals surface area contributed by atoms with E-state index in [1.165, 1.54) is 0 Å². The summed E-state index contributed by atoms with van der Waals surface area (Å²) in [5, 5.41) is 10.1. The SMILES string of the molecule is CC(C)Oc1ccc(NS(=O)(=O)c2nnc(NC(=O)C(C)(C)C)s2)cc1. The minimum absolute atomic E-state index is 0.0284. The molecule has 0 aliphatic heterocycles. The number of aromatic nitrogens is 2. The van der Waals surface area contributed by atoms with E-state index in [4.69, 9.17) is 4.74 Å². The Morgan fingerprint density at radius 1 is 1.15 bits per heavy atom. The van der Waals surface area contributed by atoms with Crippen LogP contribution in [0.2, 0.25) is 0 Å². The lowest BCUT2D eigenvalue weighted by Gasteiger charge is -2.15. The van der Waals surface area contributed by atoms with Crippen molar-refractivity contribution in [2.24, 2.45) is 5.41 Å². The average Bonchev–Trinajstić information content (AvgIpc) is 2.97. The third kappa shape index (κ3) is 5.40. The topological polar surface area (TPSA) is 110 Å². The molecule has 10 heteroatoms. The van der Waals surface area contributed by atoms with E-state index >= 15 is 0 Å². The summed E-state index contributed by atoms with van der Waals surface area (Å²) < 4.78 is 32.5. The number of hydrogen-bond acceptors (Lipinski definition) is 7. The third-order valence-corrected chi connectivity index (χ3v) is 5.60. The van der Waals surface area contributed by atoms with Crippen LogP contribution in [0.15, 0.2) is 28.6 Å². The molecule has 1 amide bonds. The van der Waals surface area contributed by atoms with Crippen molar-refractivity contribution in [1.82, 2.24) is 10.2 Å². The quantitative estimate of drug-likeness (QED) is 0.724. The van der Waals surface area contributed by atoms with Gasteiger partial charge in [-0.05, 0) is 38.1 Å². The van der Waals surface area contributed by atoms with Gasteiger partial charge in [-0.3, -0.25) is 9.52 Å². The number of hydrogen-bond donors (Lipinski definition) is 2. The molecule has 2 rings (SSSR count). The number of anilines is 2. The van der Waals surface area contributed by atoms with Crippen molar-refractivity contribution in [3.8, 4) is 5.75 Å². The fourth-order valence-electron chi connectivity index (χ4n) is 1.73. The molecule has 2 N–H and O–H groups in total. The summed E-state index contributed by atoms with van der Waals surface area (Å²) in [6, 6.07) is 6.54. The van der Waals surface area contributed by atoms with E-state index < -0.39 is 15.4 Å². The first kappa shape index (κ1) is 20.1. The Kier molecular flexibility index (Phi) is 5.87. The molecule has 0 aliphatic carbocycles. The zero-order valence-corrected chi connectivity index (χ0v) is 16.9. The molecule has 1 aromatic heterocycles. The van der Waals surface area contributed by atoms with Crippen LogP contribution in [0.4, 0.5) is 10.8 Å². The summed E-state index contributed by atoms with van der Waals surface area (Å²) in [6.07, 6.45) is 0.0284. The van der Waals surface area contributed by atoms with Crippen molar-refractivity contribution in [2.45, 2.75) is 45.1 Å². The largest absolute Gasteiger partial charge is 0.491 e. The van der Waals surface area contributed by atoms with E-state index in [0.717, 1.165) is 11.3 Å². The molecule has 2 aromatic rings. The Labute approximate surface area is 157 Å². The first-order valence-electron chi connectivity index (χ1n) is 7.92. The number of carbonyl (C=O) groups excluding carboxylic acids is 1. The second kappa shape index (κ2) is 7.58. The highest BCUT2D eigenvalue weighted by atomic mass is 32.2. The molecule has 1 heterocycles. The molecular weight excluding hydrogens is 376 g/mol. The number of sulfonamides is 1. The zero-order valence-electron chi connectivity index (χ0n) is 15.2. The monoisotopic (exact) mass is 398 g/mol. The maximum absolute atomic E-state index is 12.4. The van der Waals surface area contributed by atoms with Crippen LogP contribution < -0.4 is 14.8 Å². The Morgan fingerprint density at radius 3 is 2.31 bits per heavy atom. The first-order valence-corrected chi connectivity index (χ1v) is 10.2. The smallest absolute Gasteiger partial charge is 0.291 e. The Balaban J connectivity index is 2.09. The molecule has 0 bridgehead atoms. The Hall–Kier alpha value is -2.20. The lowest BCUT2D eigenvalue weighted by molar-refractivity contribution is -0.123. The van der Waals surface area contributed by atoms with Crippen LogP contribution in [0.25, 0.3) is 0 Å². The molecule has 142 valence electrons. The molecule has 0 radical (unpaired) electrons. The van der Waals surface area contributed by atoms with Gasteiger partial charge in [0.15, 0.2) is 0 Å². The summed E-state index contributed by atoms with van der Waals surface area (Å²) in [5.41, 5.74) is -0.250. The van der Waals surface area contributed by atoms with Gasteiger partial charge in [0.05, 0.1) is 6.10 Å². The number of benzene rings is 1. The summed E-state index contributed by atoms with van der Waals surface area (Å²) in [7, 11) is -3.90. The summed E-state index contributed by atoms with van der Waals surface area (Å²) in [5.74, 6) is 0.373. The molecule has 0 spiro atoms. The molecule has 0 fully saturated rings. The van der Waals surface area contributed by atoms with Gasteiger partial charge in [-0.25, -0.2) is 0 Å². The van der Waals surface area contributed by atoms with Crippen molar-refractivity contribution in [3.05, 3.63) is 24.3 Å². The van der Waals surface area contributed by atoms with E-state index in [-0.39, 0.29) is 21.5 Å². The van der Waals surface area contributed by atoms with E-state index in [2.05, 4.69) is 20.2 Å². The molecular formula is C16H22N4O4S2. The maximum Gasteiger partial charge on any atom is 0.291 e. The molecule has 0 atom stereocenters. The lowest BCUT2D eigenvalue weighted by atomic mass is 9.96. The number of ether oxygens (including phenoxy) is 1. The second-order valence-electron chi connectivity index (χ2n) is 6.87. The van der Waals surface area contributed by atoms with Crippen molar-refractivity contribution < 1.29 is 17.9 Å². The van der Waals surface area contributed by atoms with Gasteiger partial charge in [0.2, 0.25) is 11.0 Å². The highest BCUT2D eigenvalue weighted by Gasteiger charge is 2.25. The number of nitrogens with zero attached hydrogens (tertiary/aromatic N) is 2. The van der Waals surface area contributed by atoms with E-state index in [9.17, 15) is 13.2 Å². The van der Waals surface area contributed by atoms with Crippen LogP contribution in [0.5, 0.6) is 5.75 Å². The van der Waals surface area contributed by atoms with Gasteiger partial charge in [0, 0.05) is 11.1 Å². The highest BCUT2D eigenvalue weighted by Crippen LogP contribution is 2.25. The summed E-state index contributed by atoms with van der Waals surface area (Å²) in [6.45, 7) is 9.05. The summed E-state index contributed by atoms with van der Waals surface area (Å²) >= 11 is 0.786. The van der Waals surface area contributed by atoms with Crippen LogP contribution >= 0.6 is 11.3 Å². The number of nitrogens with one attached hydrogen (secondary N) is 2. The minimum Gasteiger partial charge on any atom is -0.491 e. The van der Waals surface area contributed by atoms with Crippen LogP contribution in [0.3, 0.4) is 0 Å². The molecule has 0 saturated carbocycles. The van der Waals surface area contributed by atoms with Gasteiger partial charge in [0.25, 0.3) is 14.4 Å². The molecule has 8 nitrogen and oxygen atoms in total. The van der Waals surface area contributed by atoms with Gasteiger partial charge in [-0.15, -0.1) is 10.2 Å². The van der Waals surface area contributed by atoms with Crippen molar-refractivity contribution in [3.63, 3.8) is 0 Å². The number of carbonyl (C=O) groups is 1. The number of rotatable bonds is 6. The van der Waals surface area contributed by atoms with Crippen LogP contribution in [-0.2, 0) is 14.8 Å². The van der Waals surface area contributed by atoms with Gasteiger partial charge in [-0.1, -0.05) is 32.1 Å². The summed E-state index contributed by atoms with van der Waals surface area (Å²) in [4.78, 5) is 11.9. The second-order valence-corrected chi connectivity index (χ2v) is 9.71. The van der Waals surface area contributed by atoms with Crippen LogP contribution in [0.1, 0.15) is 34.6 Å². The molecule has 26 heavy (non-hydrogen) atoms. The number of amides is 1. The molecule has 0 unspecified atom stereocenters. The van der Waals surface area contributed by atoms with E-state index in [1.54, 1.807) is 45.0 Å². The maximum atomic E-state index is 12.4. The highest BCUT2D eigenvalue weighted by molar-refractivity contribution is 7.94. The van der Waals surface area contributed by atoms with Crippen LogP contribution in [-0.4, -0.2) is 30.6 Å². The van der Waals surface area contributed by atoms with Gasteiger partial charge in [-0.2, -0.15) is 8.42 Å². The minimum atomic E-state index is -3.90. The standard InChI is InChI=1S/C16H22N4O4S2/c1-10(2)24-12-8-6-11(7-9-12)20-26(22,23)15-19-18-14(25-15)17-13(21)16(3,4)5/h6-10,20H,1-5H3,(H,17,18,21). The normalized spacial score (nSPS) is 12.1. The van der Waals surface area contributed by atoms with Crippen molar-refractivity contribution in [2.75, 3.05) is 10.0 Å². The van der Waals surface area contributed by atoms with Crippen molar-refractivity contribution in [1.29, 1.82) is 0 Å². The van der Waals surface area contributed by atoms with Crippen LogP contribution in [0, 0.1) is 5.41 Å². The van der Waals surface area contributed by atoms with Gasteiger partial charge in [0.1, 0.15) is 5.75 Å². The Morgan fingerprint density at radius 2 is 1.77 bits per heavy atom. The van der Waals surface area contributed by atoms with E-state index in [0.29, 0.717) is 11.4 Å². The lowest BCUT2D eigenvalue weighted by Crippen LogP contribution is -2.27. The molecule has 0 aliphatic rings. The van der Waals surface area contributed by atoms with E-state index in [1.807, 2.05) is 13.8 Å². The average molecular weight is 399 g/mol. The van der Waals surface area contributed by atoms with Gasteiger partial charge >= 0.3 is 0 Å². The fraction of sp³-hybridized carbons (Fsp3) is 0.438.